The molecule has 0 aliphatic rings. The minimum absolute atomic E-state index is 0.299. The third-order valence-electron chi connectivity index (χ3n) is 4.13. The quantitative estimate of drug-likeness (QED) is 0.669. The number of nitriles is 1. The number of benzene rings is 2. The number of anilines is 3. The van der Waals surface area contributed by atoms with Gasteiger partial charge >= 0.3 is 0 Å². The van der Waals surface area contributed by atoms with Gasteiger partial charge < -0.3 is 10.6 Å². The van der Waals surface area contributed by atoms with E-state index in [0.29, 0.717) is 22.9 Å². The van der Waals surface area contributed by atoms with Crippen molar-refractivity contribution in [3.05, 3.63) is 83.7 Å². The summed E-state index contributed by atoms with van der Waals surface area (Å²) in [6.07, 6.45) is 1.63. The number of nitrogens with one attached hydrogen (secondary N) is 2. The molecule has 5 heteroatoms. The van der Waals surface area contributed by atoms with Crippen molar-refractivity contribution in [2.45, 2.75) is 19.8 Å². The van der Waals surface area contributed by atoms with Gasteiger partial charge in [0.15, 0.2) is 0 Å². The molecule has 0 bridgehead atoms. The molecule has 0 fully saturated rings. The summed E-state index contributed by atoms with van der Waals surface area (Å²) in [6.45, 7) is 4.32. The lowest BCUT2D eigenvalue weighted by molar-refractivity contribution is 0.102. The van der Waals surface area contributed by atoms with E-state index in [1.54, 1.807) is 36.5 Å². The molecule has 1 amide bonds. The van der Waals surface area contributed by atoms with E-state index in [1.807, 2.05) is 24.3 Å². The van der Waals surface area contributed by atoms with Gasteiger partial charge in [-0.05, 0) is 60.0 Å². The van der Waals surface area contributed by atoms with Gasteiger partial charge in [-0.1, -0.05) is 26.0 Å². The van der Waals surface area contributed by atoms with E-state index in [2.05, 4.69) is 41.6 Å². The van der Waals surface area contributed by atoms with Gasteiger partial charge in [-0.2, -0.15) is 5.26 Å². The maximum absolute atomic E-state index is 12.3. The molecule has 0 atom stereocenters. The van der Waals surface area contributed by atoms with Gasteiger partial charge in [0.25, 0.3) is 5.91 Å². The van der Waals surface area contributed by atoms with Crippen LogP contribution in [0.2, 0.25) is 0 Å². The molecule has 0 saturated heterocycles. The van der Waals surface area contributed by atoms with Crippen molar-refractivity contribution in [2.75, 3.05) is 10.6 Å². The molecule has 0 radical (unpaired) electrons. The summed E-state index contributed by atoms with van der Waals surface area (Å²) < 4.78 is 0. The molecule has 0 aliphatic carbocycles. The lowest BCUT2D eigenvalue weighted by Gasteiger charge is -2.10. The van der Waals surface area contributed by atoms with E-state index in [9.17, 15) is 4.79 Å². The topological polar surface area (TPSA) is 77.8 Å². The minimum atomic E-state index is -0.299. The maximum Gasteiger partial charge on any atom is 0.274 e. The largest absolute Gasteiger partial charge is 0.354 e. The third kappa shape index (κ3) is 4.71. The second kappa shape index (κ2) is 8.15. The first-order valence-electron chi connectivity index (χ1n) is 8.70. The Morgan fingerprint density at radius 2 is 1.56 bits per heavy atom. The highest BCUT2D eigenvalue weighted by atomic mass is 16.1. The van der Waals surface area contributed by atoms with Gasteiger partial charge in [0.1, 0.15) is 5.69 Å². The first-order chi connectivity index (χ1) is 13.0. The number of rotatable bonds is 5. The zero-order valence-corrected chi connectivity index (χ0v) is 15.2. The Kier molecular flexibility index (Phi) is 5.48. The molecule has 0 aliphatic heterocycles. The van der Waals surface area contributed by atoms with Crippen LogP contribution in [0.3, 0.4) is 0 Å². The highest BCUT2D eigenvalue weighted by Crippen LogP contribution is 2.20. The van der Waals surface area contributed by atoms with Crippen LogP contribution in [0.1, 0.15) is 41.4 Å². The Balaban J connectivity index is 1.63. The molecule has 0 unspecified atom stereocenters. The van der Waals surface area contributed by atoms with Crippen LogP contribution in [0.4, 0.5) is 17.1 Å². The van der Waals surface area contributed by atoms with E-state index in [-0.39, 0.29) is 5.91 Å². The van der Waals surface area contributed by atoms with Gasteiger partial charge in [0, 0.05) is 11.4 Å². The Labute approximate surface area is 158 Å². The predicted molar refractivity (Wildman–Crippen MR) is 107 cm³/mol. The van der Waals surface area contributed by atoms with Gasteiger partial charge in [-0.25, -0.2) is 4.98 Å². The Bertz CT molecular complexity index is 953. The van der Waals surface area contributed by atoms with E-state index >= 15 is 0 Å². The van der Waals surface area contributed by atoms with Crippen molar-refractivity contribution >= 4 is 23.0 Å². The molecule has 1 heterocycles. The summed E-state index contributed by atoms with van der Waals surface area (Å²) in [5.41, 5.74) is 4.54. The molecular formula is C22H20N4O. The van der Waals surface area contributed by atoms with Crippen LogP contribution in [-0.4, -0.2) is 10.9 Å². The first kappa shape index (κ1) is 18.2. The number of carbonyl (C=O) groups is 1. The summed E-state index contributed by atoms with van der Waals surface area (Å²) >= 11 is 0. The van der Waals surface area contributed by atoms with Crippen molar-refractivity contribution in [3.8, 4) is 6.07 Å². The van der Waals surface area contributed by atoms with Crippen LogP contribution in [0.15, 0.2) is 66.9 Å². The van der Waals surface area contributed by atoms with Crippen molar-refractivity contribution in [3.63, 3.8) is 0 Å². The molecule has 1 aromatic heterocycles. The standard InChI is InChI=1S/C22H20N4O/c1-15(2)17-5-9-18(10-6-17)25-20-11-12-21(24-14-20)22(27)26-19-7-3-16(13-23)4-8-19/h3-12,14-15,25H,1-2H3,(H,26,27). The number of nitrogens with zero attached hydrogens (tertiary/aromatic N) is 2. The van der Waals surface area contributed by atoms with Crippen LogP contribution in [-0.2, 0) is 0 Å². The normalized spacial score (nSPS) is 10.3. The summed E-state index contributed by atoms with van der Waals surface area (Å²) in [5, 5.41) is 14.8. The lowest BCUT2D eigenvalue weighted by atomic mass is 10.0. The van der Waals surface area contributed by atoms with E-state index < -0.39 is 0 Å². The van der Waals surface area contributed by atoms with E-state index in [0.717, 1.165) is 11.4 Å². The van der Waals surface area contributed by atoms with Crippen LogP contribution in [0.5, 0.6) is 0 Å². The van der Waals surface area contributed by atoms with E-state index in [1.165, 1.54) is 5.56 Å². The number of hydrogen-bond donors (Lipinski definition) is 2. The van der Waals surface area contributed by atoms with Crippen LogP contribution in [0, 0.1) is 11.3 Å². The van der Waals surface area contributed by atoms with Gasteiger partial charge in [0.2, 0.25) is 0 Å². The number of carbonyl (C=O) groups excluding carboxylic acids is 1. The van der Waals surface area contributed by atoms with E-state index in [4.69, 9.17) is 5.26 Å². The molecule has 134 valence electrons. The van der Waals surface area contributed by atoms with Gasteiger partial charge in [0.05, 0.1) is 23.5 Å². The Hall–Kier alpha value is -3.65. The highest BCUT2D eigenvalue weighted by molar-refractivity contribution is 6.03. The number of aromatic nitrogens is 1. The zero-order chi connectivity index (χ0) is 19.2. The second-order valence-electron chi connectivity index (χ2n) is 6.48. The predicted octanol–water partition coefficient (Wildman–Crippen LogP) is 5.07. The summed E-state index contributed by atoms with van der Waals surface area (Å²) in [5.74, 6) is 0.196. The minimum Gasteiger partial charge on any atom is -0.354 e. The molecule has 0 saturated carbocycles. The smallest absolute Gasteiger partial charge is 0.274 e. The number of hydrogen-bond acceptors (Lipinski definition) is 4. The monoisotopic (exact) mass is 356 g/mol. The fourth-order valence-electron chi connectivity index (χ4n) is 2.54. The molecular weight excluding hydrogens is 336 g/mol. The summed E-state index contributed by atoms with van der Waals surface area (Å²) in [4.78, 5) is 16.5. The fourth-order valence-corrected chi connectivity index (χ4v) is 2.54. The molecule has 3 aromatic rings. The van der Waals surface area contributed by atoms with Crippen molar-refractivity contribution < 1.29 is 4.79 Å². The van der Waals surface area contributed by atoms with Crippen LogP contribution in [0.25, 0.3) is 0 Å². The van der Waals surface area contributed by atoms with Gasteiger partial charge in [-0.15, -0.1) is 0 Å². The fraction of sp³-hybridized carbons (Fsp3) is 0.136. The molecule has 0 spiro atoms. The van der Waals surface area contributed by atoms with Gasteiger partial charge in [-0.3, -0.25) is 4.79 Å². The zero-order valence-electron chi connectivity index (χ0n) is 15.2. The number of pyridine rings is 1. The molecule has 3 rings (SSSR count). The van der Waals surface area contributed by atoms with Crippen LogP contribution < -0.4 is 10.6 Å². The SMILES string of the molecule is CC(C)c1ccc(Nc2ccc(C(=O)Nc3ccc(C#N)cc3)nc2)cc1. The van der Waals surface area contributed by atoms with Crippen molar-refractivity contribution in [1.29, 1.82) is 5.26 Å². The maximum atomic E-state index is 12.3. The first-order valence-corrected chi connectivity index (χ1v) is 8.70. The highest BCUT2D eigenvalue weighted by Gasteiger charge is 2.08. The summed E-state index contributed by atoms with van der Waals surface area (Å²) in [7, 11) is 0. The summed E-state index contributed by atoms with van der Waals surface area (Å²) in [6, 6.07) is 20.5. The molecule has 2 N–H and O–H groups in total. The lowest BCUT2D eigenvalue weighted by Crippen LogP contribution is -2.13. The third-order valence-corrected chi connectivity index (χ3v) is 4.13. The molecule has 27 heavy (non-hydrogen) atoms. The Morgan fingerprint density at radius 3 is 2.11 bits per heavy atom. The average molecular weight is 356 g/mol. The van der Waals surface area contributed by atoms with Crippen LogP contribution >= 0.6 is 0 Å². The van der Waals surface area contributed by atoms with Crippen molar-refractivity contribution in [2.24, 2.45) is 0 Å². The molecule has 5 nitrogen and oxygen atoms in total. The Morgan fingerprint density at radius 1 is 0.926 bits per heavy atom. The average Bonchev–Trinajstić information content (AvgIpc) is 2.69. The number of amides is 1. The second-order valence-corrected chi connectivity index (χ2v) is 6.48. The van der Waals surface area contributed by atoms with Crippen molar-refractivity contribution in [1.82, 2.24) is 4.98 Å². The molecule has 2 aromatic carbocycles.